The molecule has 0 aromatic heterocycles. The summed E-state index contributed by atoms with van der Waals surface area (Å²) in [4.78, 5) is 0. The number of aliphatic hydroxyl groups is 1. The van der Waals surface area contributed by atoms with Crippen LogP contribution in [0.25, 0.3) is 10.8 Å². The molecule has 3 aromatic carbocycles. The Morgan fingerprint density at radius 3 is 2.54 bits per heavy atom. The molecule has 3 rings (SSSR count). The van der Waals surface area contributed by atoms with Gasteiger partial charge in [0, 0.05) is 13.1 Å². The predicted octanol–water partition coefficient (Wildman–Crippen LogP) is 3.39. The number of fused-ring (bicyclic) bond motifs is 1. The largest absolute Gasteiger partial charge is 0.491 e. The van der Waals surface area contributed by atoms with Crippen LogP contribution in [0, 0.1) is 5.82 Å². The molecule has 4 nitrogen and oxygen atoms in total. The topological polar surface area (TPSA) is 50.7 Å². The lowest BCUT2D eigenvalue weighted by Gasteiger charge is -2.14. The Bertz CT molecular complexity index is 840. The smallest absolute Gasteiger partial charge is 0.165 e. The van der Waals surface area contributed by atoms with Gasteiger partial charge in [0.25, 0.3) is 0 Å². The van der Waals surface area contributed by atoms with E-state index in [1.54, 1.807) is 18.2 Å². The van der Waals surface area contributed by atoms with Crippen LogP contribution in [-0.2, 0) is 0 Å². The van der Waals surface area contributed by atoms with Gasteiger partial charge in [-0.05, 0) is 35.0 Å². The van der Waals surface area contributed by atoms with E-state index in [0.717, 1.165) is 16.5 Å². The molecule has 0 heterocycles. The fourth-order valence-electron chi connectivity index (χ4n) is 2.57. The van der Waals surface area contributed by atoms with Crippen molar-refractivity contribution in [2.24, 2.45) is 0 Å². The number of para-hydroxylation sites is 1. The van der Waals surface area contributed by atoms with E-state index >= 15 is 0 Å². The van der Waals surface area contributed by atoms with Crippen molar-refractivity contribution >= 4 is 10.8 Å². The molecule has 0 bridgehead atoms. The van der Waals surface area contributed by atoms with E-state index in [4.69, 9.17) is 9.47 Å². The minimum absolute atomic E-state index is 0.194. The van der Waals surface area contributed by atoms with Crippen molar-refractivity contribution < 1.29 is 19.0 Å². The second-order valence-corrected chi connectivity index (χ2v) is 5.96. The Hall–Kier alpha value is -2.63. The van der Waals surface area contributed by atoms with Gasteiger partial charge < -0.3 is 19.9 Å². The highest BCUT2D eigenvalue weighted by Crippen LogP contribution is 2.20. The van der Waals surface area contributed by atoms with Gasteiger partial charge in [0.05, 0.1) is 0 Å². The summed E-state index contributed by atoms with van der Waals surface area (Å²) >= 11 is 0. The SMILES string of the molecule is O[C@H](CNCCOc1ccccc1F)COc1ccc2ccccc2c1. The maximum Gasteiger partial charge on any atom is 0.165 e. The molecule has 3 aromatic rings. The molecule has 0 unspecified atom stereocenters. The van der Waals surface area contributed by atoms with Crippen LogP contribution >= 0.6 is 0 Å². The molecule has 0 aliphatic carbocycles. The first-order valence-electron chi connectivity index (χ1n) is 8.60. The second kappa shape index (κ2) is 9.17. The van der Waals surface area contributed by atoms with E-state index in [9.17, 15) is 9.50 Å². The van der Waals surface area contributed by atoms with E-state index < -0.39 is 6.10 Å². The van der Waals surface area contributed by atoms with Gasteiger partial charge in [-0.3, -0.25) is 0 Å². The first-order valence-corrected chi connectivity index (χ1v) is 8.60. The minimum atomic E-state index is -0.644. The zero-order valence-electron chi connectivity index (χ0n) is 14.4. The first-order chi connectivity index (χ1) is 12.7. The van der Waals surface area contributed by atoms with Gasteiger partial charge in [0.15, 0.2) is 11.6 Å². The number of ether oxygens (including phenoxy) is 2. The van der Waals surface area contributed by atoms with Crippen molar-refractivity contribution in [3.63, 3.8) is 0 Å². The van der Waals surface area contributed by atoms with Gasteiger partial charge in [0.2, 0.25) is 0 Å². The van der Waals surface area contributed by atoms with Crippen LogP contribution in [-0.4, -0.2) is 37.5 Å². The molecule has 1 atom stereocenters. The third-order valence-electron chi connectivity index (χ3n) is 3.92. The number of nitrogens with one attached hydrogen (secondary N) is 1. The van der Waals surface area contributed by atoms with Crippen LogP contribution in [0.2, 0.25) is 0 Å². The fraction of sp³-hybridized carbons (Fsp3) is 0.238. The summed E-state index contributed by atoms with van der Waals surface area (Å²) in [5, 5.41) is 15.3. The van der Waals surface area contributed by atoms with E-state index in [2.05, 4.69) is 5.32 Å². The lowest BCUT2D eigenvalue weighted by molar-refractivity contribution is 0.105. The Labute approximate surface area is 152 Å². The molecule has 26 heavy (non-hydrogen) atoms. The van der Waals surface area contributed by atoms with Crippen LogP contribution in [0.4, 0.5) is 4.39 Å². The van der Waals surface area contributed by atoms with Crippen molar-refractivity contribution in [3.05, 3.63) is 72.5 Å². The zero-order chi connectivity index (χ0) is 18.2. The molecular weight excluding hydrogens is 333 g/mol. The first kappa shape index (κ1) is 18.2. The van der Waals surface area contributed by atoms with Crippen molar-refractivity contribution in [1.29, 1.82) is 0 Å². The number of hydrogen-bond donors (Lipinski definition) is 2. The predicted molar refractivity (Wildman–Crippen MR) is 100 cm³/mol. The molecule has 0 spiro atoms. The van der Waals surface area contributed by atoms with Crippen LogP contribution in [0.3, 0.4) is 0 Å². The fourth-order valence-corrected chi connectivity index (χ4v) is 2.57. The molecule has 0 radical (unpaired) electrons. The van der Waals surface area contributed by atoms with Gasteiger partial charge in [-0.25, -0.2) is 4.39 Å². The summed E-state index contributed by atoms with van der Waals surface area (Å²) in [6.45, 7) is 1.38. The molecule has 0 amide bonds. The van der Waals surface area contributed by atoms with Gasteiger partial charge in [-0.2, -0.15) is 0 Å². The minimum Gasteiger partial charge on any atom is -0.491 e. The van der Waals surface area contributed by atoms with Gasteiger partial charge in [-0.15, -0.1) is 0 Å². The van der Waals surface area contributed by atoms with Crippen LogP contribution < -0.4 is 14.8 Å². The van der Waals surface area contributed by atoms with Crippen LogP contribution in [0.15, 0.2) is 66.7 Å². The highest BCUT2D eigenvalue weighted by Gasteiger charge is 2.06. The molecular formula is C21H22FNO3. The summed E-state index contributed by atoms with van der Waals surface area (Å²) in [5.74, 6) is 0.580. The second-order valence-electron chi connectivity index (χ2n) is 5.96. The standard InChI is InChI=1S/C21H22FNO3/c22-20-7-3-4-8-21(20)25-12-11-23-14-18(24)15-26-19-10-9-16-5-1-2-6-17(16)13-19/h1-10,13,18,23-24H,11-12,14-15H2/t18-/m1/s1. The Balaban J connectivity index is 1.35. The maximum atomic E-state index is 13.4. The summed E-state index contributed by atoms with van der Waals surface area (Å²) in [6, 6.07) is 20.2. The number of hydrogen-bond acceptors (Lipinski definition) is 4. The summed E-state index contributed by atoms with van der Waals surface area (Å²) in [6.07, 6.45) is -0.644. The van der Waals surface area contributed by atoms with Gasteiger partial charge in [-0.1, -0.05) is 42.5 Å². The normalized spacial score (nSPS) is 12.1. The van der Waals surface area contributed by atoms with Crippen LogP contribution in [0.5, 0.6) is 11.5 Å². The number of benzene rings is 3. The third kappa shape index (κ3) is 5.18. The summed E-state index contributed by atoms with van der Waals surface area (Å²) in [7, 11) is 0. The number of rotatable bonds is 9. The molecule has 136 valence electrons. The average Bonchev–Trinajstić information content (AvgIpc) is 2.67. The molecule has 0 aliphatic heterocycles. The highest BCUT2D eigenvalue weighted by atomic mass is 19.1. The van der Waals surface area contributed by atoms with Crippen molar-refractivity contribution in [2.75, 3.05) is 26.3 Å². The van der Waals surface area contributed by atoms with Gasteiger partial charge >= 0.3 is 0 Å². The Morgan fingerprint density at radius 2 is 1.69 bits per heavy atom. The zero-order valence-corrected chi connectivity index (χ0v) is 14.4. The molecule has 0 aliphatic rings. The summed E-state index contributed by atoms with van der Waals surface area (Å²) < 4.78 is 24.4. The van der Waals surface area contributed by atoms with Crippen molar-refractivity contribution in [2.45, 2.75) is 6.10 Å². The Kier molecular flexibility index (Phi) is 6.41. The van der Waals surface area contributed by atoms with Crippen LogP contribution in [0.1, 0.15) is 0 Å². The maximum absolute atomic E-state index is 13.4. The molecule has 0 saturated heterocycles. The highest BCUT2D eigenvalue weighted by molar-refractivity contribution is 5.83. The number of halogens is 1. The van der Waals surface area contributed by atoms with E-state index in [0.29, 0.717) is 19.7 Å². The molecule has 0 fully saturated rings. The quantitative estimate of drug-likeness (QED) is 0.578. The average molecular weight is 355 g/mol. The van der Waals surface area contributed by atoms with E-state index in [1.807, 2.05) is 42.5 Å². The lowest BCUT2D eigenvalue weighted by Crippen LogP contribution is -2.33. The molecule has 2 N–H and O–H groups in total. The summed E-state index contributed by atoms with van der Waals surface area (Å²) in [5.41, 5.74) is 0. The van der Waals surface area contributed by atoms with E-state index in [-0.39, 0.29) is 18.2 Å². The van der Waals surface area contributed by atoms with Gasteiger partial charge in [0.1, 0.15) is 25.1 Å². The molecule has 5 heteroatoms. The number of aliphatic hydroxyl groups excluding tert-OH is 1. The lowest BCUT2D eigenvalue weighted by atomic mass is 10.1. The third-order valence-corrected chi connectivity index (χ3v) is 3.92. The van der Waals surface area contributed by atoms with E-state index in [1.165, 1.54) is 6.07 Å². The molecule has 0 saturated carbocycles. The monoisotopic (exact) mass is 355 g/mol. The Morgan fingerprint density at radius 1 is 0.923 bits per heavy atom. The van der Waals surface area contributed by atoms with Crippen molar-refractivity contribution in [1.82, 2.24) is 5.32 Å². The van der Waals surface area contributed by atoms with Crippen molar-refractivity contribution in [3.8, 4) is 11.5 Å².